The largest absolute Gasteiger partial charge is 0.490 e. The molecule has 0 unspecified atom stereocenters. The van der Waals surface area contributed by atoms with Crippen molar-refractivity contribution in [1.29, 1.82) is 0 Å². The van der Waals surface area contributed by atoms with Gasteiger partial charge in [0.2, 0.25) is 5.95 Å². The summed E-state index contributed by atoms with van der Waals surface area (Å²) in [6.07, 6.45) is 6.45. The highest BCUT2D eigenvalue weighted by Gasteiger charge is 2.24. The summed E-state index contributed by atoms with van der Waals surface area (Å²) in [6, 6.07) is 9.40. The van der Waals surface area contributed by atoms with Crippen molar-refractivity contribution < 1.29 is 18.8 Å². The Balaban J connectivity index is 1.35. The molecule has 0 spiro atoms. The first-order chi connectivity index (χ1) is 15.2. The topological polar surface area (TPSA) is 103 Å². The molecule has 0 bridgehead atoms. The molecule has 4 rings (SSSR count). The lowest BCUT2D eigenvalue weighted by Gasteiger charge is -2.33. The van der Waals surface area contributed by atoms with Crippen LogP contribution in [0.4, 0.5) is 5.95 Å². The molecule has 1 aromatic carbocycles. The molecule has 1 aliphatic heterocycles. The summed E-state index contributed by atoms with van der Waals surface area (Å²) in [5.41, 5.74) is 1.04. The quantitative estimate of drug-likeness (QED) is 0.590. The lowest BCUT2D eigenvalue weighted by molar-refractivity contribution is 0.0949. The number of hydrogen-bond donors (Lipinski definition) is 1. The number of anilines is 1. The number of aromatic nitrogens is 3. The molecule has 9 nitrogen and oxygen atoms in total. The standard InChI is InChI=1S/C22H25N5O4/c1-2-29-19-7-3-4-8-20(19)31-18-6-5-10-27(15-18)22-24-12-16(13-25-22)21(28)23-14-17-9-11-30-26-17/h3-4,7-9,11-13,18H,2,5-6,10,14-15H2,1H3,(H,23,28)/t18-/m1/s1. The molecule has 3 heterocycles. The van der Waals surface area contributed by atoms with E-state index in [9.17, 15) is 4.79 Å². The van der Waals surface area contributed by atoms with Crippen molar-refractivity contribution in [2.75, 3.05) is 24.6 Å². The zero-order valence-electron chi connectivity index (χ0n) is 17.4. The van der Waals surface area contributed by atoms with Crippen LogP contribution >= 0.6 is 0 Å². The van der Waals surface area contributed by atoms with E-state index in [-0.39, 0.29) is 18.6 Å². The van der Waals surface area contributed by atoms with Crippen LogP contribution in [0.15, 0.2) is 53.5 Å². The van der Waals surface area contributed by atoms with Crippen LogP contribution in [0, 0.1) is 0 Å². The van der Waals surface area contributed by atoms with E-state index < -0.39 is 0 Å². The van der Waals surface area contributed by atoms with Crippen molar-refractivity contribution >= 4 is 11.9 Å². The number of nitrogens with one attached hydrogen (secondary N) is 1. The fourth-order valence-corrected chi connectivity index (χ4v) is 3.42. The van der Waals surface area contributed by atoms with Crippen molar-refractivity contribution in [3.05, 3.63) is 60.2 Å². The van der Waals surface area contributed by atoms with Crippen LogP contribution in [-0.2, 0) is 6.54 Å². The van der Waals surface area contributed by atoms with Gasteiger partial charge in [0.25, 0.3) is 5.91 Å². The van der Waals surface area contributed by atoms with Gasteiger partial charge in [0, 0.05) is 25.0 Å². The molecule has 31 heavy (non-hydrogen) atoms. The Hall–Kier alpha value is -3.62. The van der Waals surface area contributed by atoms with E-state index in [1.807, 2.05) is 31.2 Å². The maximum atomic E-state index is 12.3. The average molecular weight is 423 g/mol. The Morgan fingerprint density at radius 2 is 2.03 bits per heavy atom. The number of hydrogen-bond acceptors (Lipinski definition) is 8. The van der Waals surface area contributed by atoms with E-state index in [2.05, 4.69) is 25.3 Å². The van der Waals surface area contributed by atoms with E-state index in [0.29, 0.717) is 30.4 Å². The van der Waals surface area contributed by atoms with E-state index in [1.54, 1.807) is 6.07 Å². The van der Waals surface area contributed by atoms with Crippen molar-refractivity contribution in [2.45, 2.75) is 32.4 Å². The molecule has 9 heteroatoms. The lowest BCUT2D eigenvalue weighted by atomic mass is 10.1. The second kappa shape index (κ2) is 9.92. The Morgan fingerprint density at radius 1 is 1.23 bits per heavy atom. The molecule has 1 fully saturated rings. The number of ether oxygens (including phenoxy) is 2. The van der Waals surface area contributed by atoms with Crippen LogP contribution in [0.1, 0.15) is 35.8 Å². The second-order valence-electron chi connectivity index (χ2n) is 7.15. The van der Waals surface area contributed by atoms with Crippen molar-refractivity contribution in [3.63, 3.8) is 0 Å². The Bertz CT molecular complexity index is 978. The molecule has 0 radical (unpaired) electrons. The highest BCUT2D eigenvalue weighted by molar-refractivity contribution is 5.93. The molecule has 0 aliphatic carbocycles. The molecule has 1 amide bonds. The van der Waals surface area contributed by atoms with Gasteiger partial charge in [0.05, 0.1) is 25.3 Å². The van der Waals surface area contributed by atoms with Crippen molar-refractivity contribution in [1.82, 2.24) is 20.4 Å². The van der Waals surface area contributed by atoms with Gasteiger partial charge < -0.3 is 24.2 Å². The number of carbonyl (C=O) groups is 1. The van der Waals surface area contributed by atoms with Gasteiger partial charge in [-0.25, -0.2) is 9.97 Å². The third kappa shape index (κ3) is 5.30. The van der Waals surface area contributed by atoms with Crippen LogP contribution in [0.2, 0.25) is 0 Å². The average Bonchev–Trinajstić information content (AvgIpc) is 3.33. The monoisotopic (exact) mass is 423 g/mol. The minimum absolute atomic E-state index is 0.00407. The van der Waals surface area contributed by atoms with E-state index >= 15 is 0 Å². The molecule has 1 saturated heterocycles. The Labute approximate surface area is 180 Å². The predicted molar refractivity (Wildman–Crippen MR) is 113 cm³/mol. The summed E-state index contributed by atoms with van der Waals surface area (Å²) in [6.45, 7) is 4.33. The number of amides is 1. The number of piperidine rings is 1. The first-order valence-corrected chi connectivity index (χ1v) is 10.4. The third-order valence-corrected chi connectivity index (χ3v) is 4.93. The third-order valence-electron chi connectivity index (χ3n) is 4.93. The first kappa shape index (κ1) is 20.6. The zero-order chi connectivity index (χ0) is 21.5. The summed E-state index contributed by atoms with van der Waals surface area (Å²) in [4.78, 5) is 23.1. The SMILES string of the molecule is CCOc1ccccc1O[C@@H]1CCCN(c2ncc(C(=O)NCc3ccon3)cn2)C1. The zero-order valence-corrected chi connectivity index (χ0v) is 17.4. The number of nitrogens with zero attached hydrogens (tertiary/aromatic N) is 4. The summed E-state index contributed by atoms with van der Waals surface area (Å²) in [7, 11) is 0. The smallest absolute Gasteiger partial charge is 0.254 e. The van der Waals surface area contributed by atoms with E-state index in [4.69, 9.17) is 14.0 Å². The molecule has 3 aromatic rings. The van der Waals surface area contributed by atoms with Crippen LogP contribution in [0.25, 0.3) is 0 Å². The number of para-hydroxylation sites is 2. The highest BCUT2D eigenvalue weighted by atomic mass is 16.5. The molecule has 1 atom stereocenters. The van der Waals surface area contributed by atoms with Gasteiger partial charge in [-0.1, -0.05) is 17.3 Å². The minimum Gasteiger partial charge on any atom is -0.490 e. The minimum atomic E-state index is -0.262. The van der Waals surface area contributed by atoms with Crippen molar-refractivity contribution in [2.24, 2.45) is 0 Å². The normalized spacial score (nSPS) is 16.0. The van der Waals surface area contributed by atoms with E-state index in [0.717, 1.165) is 30.9 Å². The molecule has 0 saturated carbocycles. The predicted octanol–water partition coefficient (Wildman–Crippen LogP) is 2.84. The molecule has 1 N–H and O–H groups in total. The van der Waals surface area contributed by atoms with Gasteiger partial charge in [-0.05, 0) is 31.9 Å². The molecular formula is C22H25N5O4. The molecule has 2 aromatic heterocycles. The van der Waals surface area contributed by atoms with Gasteiger partial charge in [-0.2, -0.15) is 0 Å². The van der Waals surface area contributed by atoms with E-state index in [1.165, 1.54) is 18.7 Å². The maximum Gasteiger partial charge on any atom is 0.254 e. The number of carbonyl (C=O) groups excluding carboxylic acids is 1. The van der Waals surface area contributed by atoms with Crippen LogP contribution in [0.5, 0.6) is 11.5 Å². The van der Waals surface area contributed by atoms with Gasteiger partial charge in [0.1, 0.15) is 18.1 Å². The summed E-state index contributed by atoms with van der Waals surface area (Å²) < 4.78 is 16.6. The van der Waals surface area contributed by atoms with Crippen LogP contribution < -0.4 is 19.7 Å². The molecule has 1 aliphatic rings. The van der Waals surface area contributed by atoms with Gasteiger partial charge in [-0.15, -0.1) is 0 Å². The Kier molecular flexibility index (Phi) is 6.61. The fraction of sp³-hybridized carbons (Fsp3) is 0.364. The van der Waals surface area contributed by atoms with Crippen molar-refractivity contribution in [3.8, 4) is 11.5 Å². The number of benzene rings is 1. The van der Waals surface area contributed by atoms with Crippen LogP contribution in [-0.4, -0.2) is 46.8 Å². The summed E-state index contributed by atoms with van der Waals surface area (Å²) in [5, 5.41) is 6.53. The second-order valence-corrected chi connectivity index (χ2v) is 7.15. The maximum absolute atomic E-state index is 12.3. The Morgan fingerprint density at radius 3 is 2.77 bits per heavy atom. The lowest BCUT2D eigenvalue weighted by Crippen LogP contribution is -2.42. The fourth-order valence-electron chi connectivity index (χ4n) is 3.42. The summed E-state index contributed by atoms with van der Waals surface area (Å²) in [5.74, 6) is 1.82. The summed E-state index contributed by atoms with van der Waals surface area (Å²) >= 11 is 0. The highest BCUT2D eigenvalue weighted by Crippen LogP contribution is 2.29. The first-order valence-electron chi connectivity index (χ1n) is 10.4. The molecule has 162 valence electrons. The molecular weight excluding hydrogens is 398 g/mol. The number of rotatable bonds is 8. The van der Waals surface area contributed by atoms with Gasteiger partial charge in [0.15, 0.2) is 11.5 Å². The van der Waals surface area contributed by atoms with Gasteiger partial charge in [-0.3, -0.25) is 4.79 Å². The van der Waals surface area contributed by atoms with Gasteiger partial charge >= 0.3 is 0 Å². The van der Waals surface area contributed by atoms with Crippen LogP contribution in [0.3, 0.4) is 0 Å².